The molecule has 0 aliphatic rings. The van der Waals surface area contributed by atoms with E-state index in [2.05, 4.69) is 0 Å². The van der Waals surface area contributed by atoms with Crippen LogP contribution in [0.3, 0.4) is 0 Å². The minimum Gasteiger partial charge on any atom is -0.455 e. The Hall–Kier alpha value is -6.62. The van der Waals surface area contributed by atoms with Gasteiger partial charge < -0.3 is 4.42 Å². The number of aromatic nitrogens is 2. The van der Waals surface area contributed by atoms with Crippen molar-refractivity contribution in [1.29, 1.82) is 0 Å². The second kappa shape index (κ2) is 11.5. The highest BCUT2D eigenvalue weighted by molar-refractivity contribution is 7.26. The smallest absolute Gasteiger partial charge is 0.161 e. The molecule has 0 atom stereocenters. The van der Waals surface area contributed by atoms with Crippen LogP contribution in [0.1, 0.15) is 23.3 Å². The van der Waals surface area contributed by atoms with Crippen molar-refractivity contribution in [2.75, 3.05) is 0 Å². The topological polar surface area (TPSA) is 38.9 Å². The number of rotatable bonds is 4. The lowest BCUT2D eigenvalue weighted by molar-refractivity contribution is 0.672. The van der Waals surface area contributed by atoms with E-state index in [0.717, 1.165) is 33.2 Å². The molecule has 4 heteroatoms. The molecule has 0 saturated heterocycles. The molecule has 0 unspecified atom stereocenters. The van der Waals surface area contributed by atoms with Gasteiger partial charge in [0.05, 0.1) is 39.2 Å². The first-order chi connectivity index (χ1) is 32.8. The van der Waals surface area contributed by atoms with E-state index < -0.39 is 119 Å². The molecule has 0 N–H and O–H groups in total. The van der Waals surface area contributed by atoms with Gasteiger partial charge in [-0.15, -0.1) is 11.3 Å². The second-order valence-corrected chi connectivity index (χ2v) is 13.1. The number of para-hydroxylation sites is 1. The third kappa shape index (κ3) is 4.58. The first-order valence-electron chi connectivity index (χ1n) is 24.6. The van der Waals surface area contributed by atoms with Crippen LogP contribution in [0, 0.1) is 0 Å². The molecule has 0 amide bonds. The maximum atomic E-state index is 9.95. The number of hydrogen-bond acceptors (Lipinski definition) is 4. The summed E-state index contributed by atoms with van der Waals surface area (Å²) < 4.78 is 158. The van der Waals surface area contributed by atoms with Crippen molar-refractivity contribution in [1.82, 2.24) is 9.97 Å². The monoisotopic (exact) mass is 697 g/mol. The molecule has 0 saturated carbocycles. The van der Waals surface area contributed by atoms with Crippen LogP contribution in [0.5, 0.6) is 0 Å². The predicted octanol–water partition coefficient (Wildman–Crippen LogP) is 13.7. The van der Waals surface area contributed by atoms with E-state index in [9.17, 15) is 5.48 Å². The summed E-state index contributed by atoms with van der Waals surface area (Å²) in [6, 6.07) is 10.5. The summed E-state index contributed by atoms with van der Waals surface area (Å²) in [5.74, 6) is -0.289. The van der Waals surface area contributed by atoms with E-state index in [-0.39, 0.29) is 60.5 Å². The highest BCUT2D eigenvalue weighted by Crippen LogP contribution is 2.44. The Morgan fingerprint density at radius 2 is 1.29 bits per heavy atom. The van der Waals surface area contributed by atoms with E-state index in [1.165, 1.54) is 0 Å². The van der Waals surface area contributed by atoms with E-state index in [1.807, 2.05) is 66.7 Å². The lowest BCUT2D eigenvalue weighted by atomic mass is 9.96. The number of nitrogens with zero attached hydrogens (tertiary/aromatic N) is 2. The van der Waals surface area contributed by atoms with Crippen LogP contribution in [0.25, 0.3) is 109 Å². The first-order valence-corrected chi connectivity index (χ1v) is 16.9. The molecule has 0 bridgehead atoms. The summed E-state index contributed by atoms with van der Waals surface area (Å²) in [7, 11) is 0. The molecular formula is C48H28N2OS. The van der Waals surface area contributed by atoms with Crippen molar-refractivity contribution in [2.45, 2.75) is 0 Å². The van der Waals surface area contributed by atoms with E-state index in [0.29, 0.717) is 10.3 Å². The van der Waals surface area contributed by atoms with Gasteiger partial charge in [-0.1, -0.05) is 133 Å². The lowest BCUT2D eigenvalue weighted by Crippen LogP contribution is -1.95. The summed E-state index contributed by atoms with van der Waals surface area (Å²) in [4.78, 5) is 9.99. The molecule has 52 heavy (non-hydrogen) atoms. The summed E-state index contributed by atoms with van der Waals surface area (Å²) in [5, 5.41) is 0.508. The number of hydrogen-bond donors (Lipinski definition) is 0. The molecule has 8 aromatic carbocycles. The highest BCUT2D eigenvalue weighted by atomic mass is 32.1. The van der Waals surface area contributed by atoms with Gasteiger partial charge in [-0.3, -0.25) is 0 Å². The number of thiophene rings is 1. The van der Waals surface area contributed by atoms with Crippen LogP contribution >= 0.6 is 11.3 Å². The zero-order valence-electron chi connectivity index (χ0n) is 43.6. The fraction of sp³-hybridized carbons (Fsp3) is 0. The Morgan fingerprint density at radius 3 is 2.15 bits per heavy atom. The molecule has 0 spiro atoms. The molecule has 3 heterocycles. The van der Waals surface area contributed by atoms with Crippen molar-refractivity contribution in [3.63, 3.8) is 0 Å². The minimum absolute atomic E-state index is 0.0491. The van der Waals surface area contributed by atoms with Crippen LogP contribution in [0.4, 0.5) is 0 Å². The van der Waals surface area contributed by atoms with Crippen molar-refractivity contribution in [2.24, 2.45) is 0 Å². The molecule has 11 rings (SSSR count). The minimum atomic E-state index is -0.770. The fourth-order valence-corrected chi connectivity index (χ4v) is 7.69. The summed E-state index contributed by atoms with van der Waals surface area (Å²) in [6.45, 7) is 0. The third-order valence-corrected chi connectivity index (χ3v) is 10.1. The van der Waals surface area contributed by atoms with Crippen LogP contribution in [-0.2, 0) is 0 Å². The molecule has 0 radical (unpaired) electrons. The van der Waals surface area contributed by atoms with Gasteiger partial charge >= 0.3 is 0 Å². The van der Waals surface area contributed by atoms with Gasteiger partial charge in [0, 0.05) is 37.4 Å². The Labute approximate surface area is 327 Å². The molecule has 3 nitrogen and oxygen atoms in total. The Balaban J connectivity index is 1.31. The quantitative estimate of drug-likeness (QED) is 0.184. The Kier molecular flexibility index (Phi) is 3.76. The summed E-state index contributed by atoms with van der Waals surface area (Å²) in [6.07, 6.45) is 0. The van der Waals surface area contributed by atoms with Crippen LogP contribution in [0.2, 0.25) is 0 Å². The van der Waals surface area contributed by atoms with Crippen molar-refractivity contribution < 1.29 is 27.7 Å². The van der Waals surface area contributed by atoms with Crippen LogP contribution in [0.15, 0.2) is 174 Å². The largest absolute Gasteiger partial charge is 0.455 e. The zero-order chi connectivity index (χ0) is 49.0. The van der Waals surface area contributed by atoms with Crippen molar-refractivity contribution in [3.8, 4) is 44.9 Å². The second-order valence-electron chi connectivity index (χ2n) is 12.0. The maximum absolute atomic E-state index is 9.95. The van der Waals surface area contributed by atoms with Gasteiger partial charge in [0.15, 0.2) is 5.82 Å². The van der Waals surface area contributed by atoms with Gasteiger partial charge in [0.2, 0.25) is 0 Å². The fourth-order valence-electron chi connectivity index (χ4n) is 6.63. The zero-order valence-corrected chi connectivity index (χ0v) is 27.4. The first kappa shape index (κ1) is 17.1. The molecule has 0 fully saturated rings. The van der Waals surface area contributed by atoms with E-state index in [1.54, 1.807) is 0 Å². The van der Waals surface area contributed by atoms with Gasteiger partial charge in [-0.25, -0.2) is 9.97 Å². The lowest BCUT2D eigenvalue weighted by Gasteiger charge is -2.11. The number of benzene rings is 8. The SMILES string of the molecule is [2H]c1c([2H])c([2H])c(-c2c([2H])c([2H])c3c([2H])c(-c4nc(-c5ccc6cc(-c7ccccc7)ccc6c5)c5sc6c([2H])c([2H])c([2H])c([2H])c6c5n4)c4c(oc5c([2H])c([2H])c([2H])c([2H])c54)c3c2[2H])c([2H])c1[2H]. The molecule has 0 aliphatic carbocycles. The standard InChI is InChI=1S/C48H28N2OS/c1-3-11-29(12-4-1)31-19-20-33-26-36(24-22-32(33)25-31)44-47-45(38-16-8-10-18-42(38)52-47)50-48(49-44)40-28-35-23-21-34(30-13-5-2-6-14-30)27-39(35)46-43(40)37-15-7-9-17-41(37)51-46/h1-28H/i2D,5D,6D,7D,8D,9D,10D,13D,14D,15D,16D,17D,18D,21D,23D,27D,28D. The molecule has 11 aromatic rings. The maximum Gasteiger partial charge on any atom is 0.161 e. The summed E-state index contributed by atoms with van der Waals surface area (Å²) >= 11 is 1.04. The molecule has 242 valence electrons. The number of furan rings is 1. The van der Waals surface area contributed by atoms with Crippen LogP contribution < -0.4 is 0 Å². The van der Waals surface area contributed by atoms with Gasteiger partial charge in [0.25, 0.3) is 0 Å². The van der Waals surface area contributed by atoms with Gasteiger partial charge in [-0.05, 0) is 74.7 Å². The van der Waals surface area contributed by atoms with Crippen molar-refractivity contribution in [3.05, 3.63) is 169 Å². The Bertz CT molecular complexity index is 4140. The molecule has 0 aliphatic heterocycles. The van der Waals surface area contributed by atoms with Gasteiger partial charge in [-0.2, -0.15) is 0 Å². The average Bonchev–Trinajstić information content (AvgIpc) is 3.94. The van der Waals surface area contributed by atoms with Crippen molar-refractivity contribution >= 4 is 75.1 Å². The van der Waals surface area contributed by atoms with Gasteiger partial charge in [0.1, 0.15) is 11.2 Å². The van der Waals surface area contributed by atoms with Crippen LogP contribution in [-0.4, -0.2) is 9.97 Å². The summed E-state index contributed by atoms with van der Waals surface area (Å²) in [5.41, 5.74) is 0.644. The highest BCUT2D eigenvalue weighted by Gasteiger charge is 2.22. The Morgan fingerprint density at radius 1 is 0.538 bits per heavy atom. The van der Waals surface area contributed by atoms with E-state index >= 15 is 0 Å². The molecule has 3 aromatic heterocycles. The molecular weight excluding hydrogens is 653 g/mol. The third-order valence-electron chi connectivity index (χ3n) is 9.03. The normalized spacial score (nSPS) is 16.4. The average molecular weight is 698 g/mol. The van der Waals surface area contributed by atoms with E-state index in [4.69, 9.17) is 32.2 Å². The predicted molar refractivity (Wildman–Crippen MR) is 219 cm³/mol. The number of fused-ring (bicyclic) bond motifs is 9.